The molecular formula is C14H18ClNO3S. The van der Waals surface area contributed by atoms with E-state index in [4.69, 9.17) is 11.6 Å². The van der Waals surface area contributed by atoms with Gasteiger partial charge in [0.2, 0.25) is 10.0 Å². The Morgan fingerprint density at radius 2 is 1.85 bits per heavy atom. The van der Waals surface area contributed by atoms with E-state index in [1.54, 1.807) is 23.4 Å². The molecule has 0 aliphatic carbocycles. The summed E-state index contributed by atoms with van der Waals surface area (Å²) < 4.78 is 27.4. The van der Waals surface area contributed by atoms with E-state index in [1.807, 2.05) is 0 Å². The number of hydrogen-bond donors (Lipinski definition) is 1. The molecule has 2 aliphatic rings. The van der Waals surface area contributed by atoms with Crippen molar-refractivity contribution >= 4 is 21.6 Å². The summed E-state index contributed by atoms with van der Waals surface area (Å²) in [6, 6.07) is 4.80. The van der Waals surface area contributed by atoms with Crippen LogP contribution in [0.4, 0.5) is 0 Å². The molecule has 2 unspecified atom stereocenters. The second-order valence-corrected chi connectivity index (χ2v) is 8.00. The van der Waals surface area contributed by atoms with Gasteiger partial charge in [0.1, 0.15) is 0 Å². The molecule has 0 saturated carbocycles. The number of nitrogens with zero attached hydrogens (tertiary/aromatic N) is 1. The van der Waals surface area contributed by atoms with Crippen LogP contribution < -0.4 is 0 Å². The lowest BCUT2D eigenvalue weighted by Gasteiger charge is -2.36. The van der Waals surface area contributed by atoms with Gasteiger partial charge in [0, 0.05) is 17.1 Å². The topological polar surface area (TPSA) is 57.6 Å². The molecule has 2 heterocycles. The van der Waals surface area contributed by atoms with Crippen molar-refractivity contribution in [1.29, 1.82) is 0 Å². The number of aryl methyl sites for hydroxylation is 1. The molecule has 1 aromatic carbocycles. The second-order valence-electron chi connectivity index (χ2n) is 5.76. The van der Waals surface area contributed by atoms with Crippen LogP contribution in [0, 0.1) is 6.92 Å². The summed E-state index contributed by atoms with van der Waals surface area (Å²) in [7, 11) is -3.54. The van der Waals surface area contributed by atoms with Crippen LogP contribution in [-0.2, 0) is 10.0 Å². The fourth-order valence-corrected chi connectivity index (χ4v) is 5.85. The van der Waals surface area contributed by atoms with Crippen molar-refractivity contribution < 1.29 is 13.5 Å². The standard InChI is InChI=1S/C14H18ClNO3S/c1-9-2-3-10(15)6-14(9)20(18,19)16-11-4-5-12(16)8-13(17)7-11/h2-3,6,11-13,17H,4-5,7-8H2,1H3. The number of aliphatic hydroxyl groups is 1. The molecule has 110 valence electrons. The monoisotopic (exact) mass is 315 g/mol. The van der Waals surface area contributed by atoms with Crippen molar-refractivity contribution in [2.75, 3.05) is 0 Å². The van der Waals surface area contributed by atoms with Crippen LogP contribution in [0.5, 0.6) is 0 Å². The largest absolute Gasteiger partial charge is 0.393 e. The van der Waals surface area contributed by atoms with Crippen LogP contribution in [0.15, 0.2) is 23.1 Å². The Hall–Kier alpha value is -0.620. The first-order chi connectivity index (χ1) is 9.39. The van der Waals surface area contributed by atoms with Crippen LogP contribution in [0.2, 0.25) is 5.02 Å². The summed E-state index contributed by atoms with van der Waals surface area (Å²) in [6.45, 7) is 1.78. The number of hydrogen-bond acceptors (Lipinski definition) is 3. The summed E-state index contributed by atoms with van der Waals surface area (Å²) in [5, 5.41) is 10.2. The van der Waals surface area contributed by atoms with Gasteiger partial charge < -0.3 is 5.11 Å². The number of sulfonamides is 1. The predicted octanol–water partition coefficient (Wildman–Crippen LogP) is 2.32. The lowest BCUT2D eigenvalue weighted by Crippen LogP contribution is -2.47. The summed E-state index contributed by atoms with van der Waals surface area (Å²) >= 11 is 5.95. The number of halogens is 1. The minimum absolute atomic E-state index is 0.0767. The molecule has 0 spiro atoms. The first-order valence-electron chi connectivity index (χ1n) is 6.87. The van der Waals surface area contributed by atoms with E-state index in [2.05, 4.69) is 0 Å². The van der Waals surface area contributed by atoms with Gasteiger partial charge in [0.05, 0.1) is 11.0 Å². The van der Waals surface area contributed by atoms with E-state index < -0.39 is 10.0 Å². The first-order valence-corrected chi connectivity index (χ1v) is 8.69. The quantitative estimate of drug-likeness (QED) is 0.911. The molecule has 1 aromatic rings. The lowest BCUT2D eigenvalue weighted by atomic mass is 10.0. The Bertz CT molecular complexity index is 617. The van der Waals surface area contributed by atoms with Crippen LogP contribution in [-0.4, -0.2) is 36.0 Å². The maximum Gasteiger partial charge on any atom is 0.243 e. The van der Waals surface area contributed by atoms with E-state index in [-0.39, 0.29) is 18.2 Å². The third-order valence-corrected chi connectivity index (χ3v) is 6.73. The van der Waals surface area contributed by atoms with Gasteiger partial charge in [-0.1, -0.05) is 17.7 Å². The molecule has 20 heavy (non-hydrogen) atoms. The highest BCUT2D eigenvalue weighted by Crippen LogP contribution is 2.40. The minimum Gasteiger partial charge on any atom is -0.393 e. The summed E-state index contributed by atoms with van der Waals surface area (Å²) in [4.78, 5) is 0.290. The minimum atomic E-state index is -3.54. The van der Waals surface area contributed by atoms with Crippen LogP contribution in [0.1, 0.15) is 31.2 Å². The molecule has 2 fully saturated rings. The normalized spacial score (nSPS) is 30.6. The van der Waals surface area contributed by atoms with Gasteiger partial charge >= 0.3 is 0 Å². The van der Waals surface area contributed by atoms with E-state index in [1.165, 1.54) is 6.07 Å². The van der Waals surface area contributed by atoms with Gasteiger partial charge in [-0.05, 0) is 50.3 Å². The molecule has 4 nitrogen and oxygen atoms in total. The van der Waals surface area contributed by atoms with Gasteiger partial charge in [-0.2, -0.15) is 4.31 Å². The maximum atomic E-state index is 12.9. The smallest absolute Gasteiger partial charge is 0.243 e. The summed E-state index contributed by atoms with van der Waals surface area (Å²) in [5.41, 5.74) is 0.708. The van der Waals surface area contributed by atoms with Crippen molar-refractivity contribution in [3.8, 4) is 0 Å². The SMILES string of the molecule is Cc1ccc(Cl)cc1S(=O)(=O)N1C2CCC1CC(O)C2. The zero-order chi connectivity index (χ0) is 14.5. The van der Waals surface area contributed by atoms with Crippen molar-refractivity contribution in [3.05, 3.63) is 28.8 Å². The zero-order valence-corrected chi connectivity index (χ0v) is 12.9. The van der Waals surface area contributed by atoms with Crippen LogP contribution in [0.3, 0.4) is 0 Å². The molecule has 6 heteroatoms. The molecule has 1 N–H and O–H groups in total. The highest BCUT2D eigenvalue weighted by Gasteiger charge is 2.47. The second kappa shape index (κ2) is 4.98. The van der Waals surface area contributed by atoms with E-state index in [0.717, 1.165) is 12.8 Å². The van der Waals surface area contributed by atoms with Gasteiger partial charge in [-0.25, -0.2) is 8.42 Å². The molecule has 2 atom stereocenters. The molecule has 2 saturated heterocycles. The van der Waals surface area contributed by atoms with E-state index in [9.17, 15) is 13.5 Å². The molecule has 0 aromatic heterocycles. The summed E-state index contributed by atoms with van der Waals surface area (Å²) in [6.07, 6.45) is 2.37. The van der Waals surface area contributed by atoms with E-state index >= 15 is 0 Å². The Morgan fingerprint density at radius 1 is 1.25 bits per heavy atom. The number of rotatable bonds is 2. The van der Waals surface area contributed by atoms with Gasteiger partial charge in [0.15, 0.2) is 0 Å². The van der Waals surface area contributed by atoms with E-state index in [0.29, 0.717) is 28.3 Å². The average Bonchev–Trinajstić information content (AvgIpc) is 2.66. The highest BCUT2D eigenvalue weighted by molar-refractivity contribution is 7.89. The van der Waals surface area contributed by atoms with Crippen LogP contribution >= 0.6 is 11.6 Å². The third-order valence-electron chi connectivity index (χ3n) is 4.35. The number of fused-ring (bicyclic) bond motifs is 2. The predicted molar refractivity (Wildman–Crippen MR) is 77.3 cm³/mol. The van der Waals surface area contributed by atoms with Crippen LogP contribution in [0.25, 0.3) is 0 Å². The zero-order valence-electron chi connectivity index (χ0n) is 11.3. The molecule has 2 bridgehead atoms. The van der Waals surface area contributed by atoms with Crippen molar-refractivity contribution in [2.45, 2.75) is 55.7 Å². The maximum absolute atomic E-state index is 12.9. The number of benzene rings is 1. The van der Waals surface area contributed by atoms with Gasteiger partial charge in [-0.3, -0.25) is 0 Å². The average molecular weight is 316 g/mol. The first kappa shape index (κ1) is 14.3. The van der Waals surface area contributed by atoms with Crippen molar-refractivity contribution in [3.63, 3.8) is 0 Å². The molecule has 2 aliphatic heterocycles. The third kappa shape index (κ3) is 2.26. The number of piperidine rings is 1. The van der Waals surface area contributed by atoms with Gasteiger partial charge in [0.25, 0.3) is 0 Å². The molecular weight excluding hydrogens is 298 g/mol. The molecule has 0 radical (unpaired) electrons. The molecule has 0 amide bonds. The Kier molecular flexibility index (Phi) is 3.57. The Morgan fingerprint density at radius 3 is 2.45 bits per heavy atom. The Balaban J connectivity index is 2.03. The van der Waals surface area contributed by atoms with Crippen molar-refractivity contribution in [1.82, 2.24) is 4.31 Å². The Labute approximate surface area is 124 Å². The lowest BCUT2D eigenvalue weighted by molar-refractivity contribution is 0.0768. The van der Waals surface area contributed by atoms with Crippen molar-refractivity contribution in [2.24, 2.45) is 0 Å². The molecule has 3 rings (SSSR count). The highest BCUT2D eigenvalue weighted by atomic mass is 35.5. The fourth-order valence-electron chi connectivity index (χ4n) is 3.46. The number of aliphatic hydroxyl groups excluding tert-OH is 1. The fraction of sp³-hybridized carbons (Fsp3) is 0.571. The van der Waals surface area contributed by atoms with Gasteiger partial charge in [-0.15, -0.1) is 0 Å². The summed E-state index contributed by atoms with van der Waals surface area (Å²) in [5.74, 6) is 0.